The highest BCUT2D eigenvalue weighted by Crippen LogP contribution is 2.30. The zero-order chi connectivity index (χ0) is 20.3. The number of sulfonamides is 1. The van der Waals surface area contributed by atoms with Crippen LogP contribution >= 0.6 is 22.9 Å². The lowest BCUT2D eigenvalue weighted by Crippen LogP contribution is -2.40. The van der Waals surface area contributed by atoms with E-state index in [-0.39, 0.29) is 42.6 Å². The molecular weight excluding hydrogens is 428 g/mol. The summed E-state index contributed by atoms with van der Waals surface area (Å²) in [5, 5.41) is 15.4. The number of ether oxygens (including phenoxy) is 1. The summed E-state index contributed by atoms with van der Waals surface area (Å²) in [6, 6.07) is 7.15. The Morgan fingerprint density at radius 2 is 2.04 bits per heavy atom. The zero-order valence-corrected chi connectivity index (χ0v) is 17.2. The van der Waals surface area contributed by atoms with E-state index in [1.165, 1.54) is 27.8 Å². The second-order valence-corrected chi connectivity index (χ2v) is 9.49. The third-order valence-electron chi connectivity index (χ3n) is 4.04. The Labute approximate surface area is 170 Å². The van der Waals surface area contributed by atoms with Crippen molar-refractivity contribution in [1.29, 1.82) is 0 Å². The SMILES string of the molecule is C/C(=N\Nc1ccc([N+](=O)[O-])cc1S(=O)(=O)N1CCOCC1)c1ccc(Cl)s1. The first-order valence-corrected chi connectivity index (χ1v) is 10.8. The van der Waals surface area contributed by atoms with Gasteiger partial charge in [0, 0.05) is 25.2 Å². The fraction of sp³-hybridized carbons (Fsp3) is 0.312. The van der Waals surface area contributed by atoms with Gasteiger partial charge in [-0.2, -0.15) is 9.41 Å². The Bertz CT molecular complexity index is 1020. The summed E-state index contributed by atoms with van der Waals surface area (Å²) >= 11 is 7.26. The van der Waals surface area contributed by atoms with Gasteiger partial charge in [0.25, 0.3) is 5.69 Å². The Morgan fingerprint density at radius 1 is 1.32 bits per heavy atom. The number of non-ortho nitro benzene ring substituents is 1. The predicted molar refractivity (Wildman–Crippen MR) is 108 cm³/mol. The van der Waals surface area contributed by atoms with Gasteiger partial charge < -0.3 is 4.74 Å². The molecule has 2 aromatic rings. The van der Waals surface area contributed by atoms with Gasteiger partial charge >= 0.3 is 0 Å². The first kappa shape index (κ1) is 20.7. The van der Waals surface area contributed by atoms with Crippen LogP contribution in [-0.2, 0) is 14.8 Å². The number of thiophene rings is 1. The van der Waals surface area contributed by atoms with E-state index in [4.69, 9.17) is 16.3 Å². The number of nitrogens with zero attached hydrogens (tertiary/aromatic N) is 3. The molecule has 28 heavy (non-hydrogen) atoms. The summed E-state index contributed by atoms with van der Waals surface area (Å²) in [5.74, 6) is 0. The highest BCUT2D eigenvalue weighted by Gasteiger charge is 2.30. The summed E-state index contributed by atoms with van der Waals surface area (Å²) in [6.45, 7) is 2.65. The summed E-state index contributed by atoms with van der Waals surface area (Å²) in [5.41, 5.74) is 3.16. The third kappa shape index (κ3) is 4.50. The smallest absolute Gasteiger partial charge is 0.270 e. The average molecular weight is 445 g/mol. The van der Waals surface area contributed by atoms with Gasteiger partial charge in [-0.25, -0.2) is 8.42 Å². The van der Waals surface area contributed by atoms with E-state index >= 15 is 0 Å². The molecule has 0 bridgehead atoms. The minimum Gasteiger partial charge on any atom is -0.379 e. The van der Waals surface area contributed by atoms with Gasteiger partial charge in [0.05, 0.1) is 38.7 Å². The Morgan fingerprint density at radius 3 is 2.64 bits per heavy atom. The minimum absolute atomic E-state index is 0.152. The van der Waals surface area contributed by atoms with Crippen LogP contribution in [0.1, 0.15) is 11.8 Å². The molecule has 0 unspecified atom stereocenters. The maximum absolute atomic E-state index is 13.0. The van der Waals surface area contributed by atoms with Crippen molar-refractivity contribution >= 4 is 50.0 Å². The summed E-state index contributed by atoms with van der Waals surface area (Å²) in [7, 11) is -3.96. The fourth-order valence-electron chi connectivity index (χ4n) is 2.56. The van der Waals surface area contributed by atoms with Crippen molar-refractivity contribution in [2.75, 3.05) is 31.7 Å². The van der Waals surface area contributed by atoms with Gasteiger partial charge in [-0.3, -0.25) is 15.5 Å². The number of nitro benzene ring substituents is 1. The predicted octanol–water partition coefficient (Wildman–Crippen LogP) is 3.17. The van der Waals surface area contributed by atoms with Crippen LogP contribution in [-0.4, -0.2) is 49.7 Å². The molecule has 2 heterocycles. The molecule has 1 aromatic heterocycles. The summed E-state index contributed by atoms with van der Waals surface area (Å²) in [6.07, 6.45) is 0. The van der Waals surface area contributed by atoms with Crippen LogP contribution in [0.2, 0.25) is 4.34 Å². The Hall–Kier alpha value is -2.05. The lowest BCUT2D eigenvalue weighted by atomic mass is 10.3. The molecule has 0 aliphatic carbocycles. The van der Waals surface area contributed by atoms with Crippen molar-refractivity contribution in [1.82, 2.24) is 4.31 Å². The lowest BCUT2D eigenvalue weighted by Gasteiger charge is -2.26. The van der Waals surface area contributed by atoms with Crippen molar-refractivity contribution < 1.29 is 18.1 Å². The highest BCUT2D eigenvalue weighted by atomic mass is 35.5. The van der Waals surface area contributed by atoms with Gasteiger partial charge in [-0.1, -0.05) is 11.6 Å². The van der Waals surface area contributed by atoms with Gasteiger partial charge in [0.2, 0.25) is 10.0 Å². The van der Waals surface area contributed by atoms with Crippen LogP contribution < -0.4 is 5.43 Å². The molecule has 1 aliphatic rings. The molecule has 1 aromatic carbocycles. The molecule has 0 radical (unpaired) electrons. The number of hydrogen-bond donors (Lipinski definition) is 1. The number of halogens is 1. The number of morpholine rings is 1. The number of nitrogens with one attached hydrogen (secondary N) is 1. The molecule has 0 amide bonds. The monoisotopic (exact) mass is 444 g/mol. The van der Waals surface area contributed by atoms with Gasteiger partial charge in [-0.05, 0) is 25.1 Å². The van der Waals surface area contributed by atoms with Crippen molar-refractivity contribution in [3.05, 3.63) is 49.7 Å². The molecule has 1 saturated heterocycles. The zero-order valence-electron chi connectivity index (χ0n) is 14.8. The van der Waals surface area contributed by atoms with Crippen LogP contribution in [0.4, 0.5) is 11.4 Å². The first-order valence-electron chi connectivity index (χ1n) is 8.21. The summed E-state index contributed by atoms with van der Waals surface area (Å²) in [4.78, 5) is 11.1. The summed E-state index contributed by atoms with van der Waals surface area (Å²) < 4.78 is 33.1. The van der Waals surface area contributed by atoms with E-state index < -0.39 is 14.9 Å². The molecular formula is C16H17ClN4O5S2. The third-order valence-corrected chi connectivity index (χ3v) is 7.32. The molecule has 1 N–H and O–H groups in total. The second kappa shape index (κ2) is 8.53. The van der Waals surface area contributed by atoms with Crippen LogP contribution in [0.25, 0.3) is 0 Å². The fourth-order valence-corrected chi connectivity index (χ4v) is 5.12. The van der Waals surface area contributed by atoms with E-state index in [0.717, 1.165) is 10.9 Å². The maximum atomic E-state index is 13.0. The van der Waals surface area contributed by atoms with Crippen LogP contribution in [0.5, 0.6) is 0 Å². The van der Waals surface area contributed by atoms with Crippen LogP contribution in [0.3, 0.4) is 0 Å². The minimum atomic E-state index is -3.96. The first-order chi connectivity index (χ1) is 13.3. The number of rotatable bonds is 6. The quantitative estimate of drug-likeness (QED) is 0.415. The van der Waals surface area contributed by atoms with Crippen molar-refractivity contribution in [2.24, 2.45) is 5.10 Å². The molecule has 0 spiro atoms. The molecule has 12 heteroatoms. The molecule has 3 rings (SSSR count). The van der Waals surface area contributed by atoms with E-state index in [2.05, 4.69) is 10.5 Å². The van der Waals surface area contributed by atoms with Crippen LogP contribution in [0.15, 0.2) is 40.3 Å². The largest absolute Gasteiger partial charge is 0.379 e. The van der Waals surface area contributed by atoms with Crippen molar-refractivity contribution in [3.8, 4) is 0 Å². The molecule has 1 aliphatic heterocycles. The molecule has 0 saturated carbocycles. The maximum Gasteiger partial charge on any atom is 0.270 e. The molecule has 1 fully saturated rings. The number of nitro groups is 1. The number of anilines is 1. The Balaban J connectivity index is 1.97. The van der Waals surface area contributed by atoms with E-state index in [1.807, 2.05) is 0 Å². The topological polar surface area (TPSA) is 114 Å². The average Bonchev–Trinajstić information content (AvgIpc) is 3.13. The van der Waals surface area contributed by atoms with E-state index in [0.29, 0.717) is 10.0 Å². The standard InChI is InChI=1S/C16H17ClN4O5S2/c1-11(14-4-5-16(17)27-14)18-19-13-3-2-12(21(22)23)10-15(13)28(24,25)20-6-8-26-9-7-20/h2-5,10,19H,6-9H2,1H3/b18-11+. The molecule has 9 nitrogen and oxygen atoms in total. The van der Waals surface area contributed by atoms with Gasteiger partial charge in [-0.15, -0.1) is 11.3 Å². The number of hydrazone groups is 1. The van der Waals surface area contributed by atoms with Crippen molar-refractivity contribution in [3.63, 3.8) is 0 Å². The van der Waals surface area contributed by atoms with Crippen molar-refractivity contribution in [2.45, 2.75) is 11.8 Å². The normalized spacial score (nSPS) is 16.1. The van der Waals surface area contributed by atoms with Crippen LogP contribution in [0, 0.1) is 10.1 Å². The van der Waals surface area contributed by atoms with E-state index in [9.17, 15) is 18.5 Å². The highest BCUT2D eigenvalue weighted by molar-refractivity contribution is 7.89. The van der Waals surface area contributed by atoms with Gasteiger partial charge in [0.15, 0.2) is 0 Å². The molecule has 0 atom stereocenters. The number of benzene rings is 1. The van der Waals surface area contributed by atoms with Gasteiger partial charge in [0.1, 0.15) is 4.90 Å². The lowest BCUT2D eigenvalue weighted by molar-refractivity contribution is -0.385. The van der Waals surface area contributed by atoms with E-state index in [1.54, 1.807) is 19.1 Å². The second-order valence-electron chi connectivity index (χ2n) is 5.87. The molecule has 150 valence electrons. The Kier molecular flexibility index (Phi) is 6.30. The number of hydrogen-bond acceptors (Lipinski definition) is 8.